The highest BCUT2D eigenvalue weighted by atomic mass is 32.2. The first-order chi connectivity index (χ1) is 15.4. The number of aryl methyl sites for hydroxylation is 1. The monoisotopic (exact) mass is 451 g/mol. The van der Waals surface area contributed by atoms with Gasteiger partial charge in [-0.3, -0.25) is 9.10 Å². The Balaban J connectivity index is 1.51. The molecule has 0 atom stereocenters. The van der Waals surface area contributed by atoms with Crippen LogP contribution in [0.2, 0.25) is 0 Å². The second-order valence-corrected chi connectivity index (χ2v) is 8.93. The third-order valence-electron chi connectivity index (χ3n) is 4.74. The van der Waals surface area contributed by atoms with E-state index < -0.39 is 22.5 Å². The number of hydrogen-bond acceptors (Lipinski definition) is 6. The number of sulfonamides is 1. The van der Waals surface area contributed by atoms with Crippen LogP contribution in [0.5, 0.6) is 11.5 Å². The third kappa shape index (κ3) is 4.73. The van der Waals surface area contributed by atoms with Gasteiger partial charge in [-0.2, -0.15) is 5.10 Å². The summed E-state index contributed by atoms with van der Waals surface area (Å²) in [5.74, 6) is 0.659. The van der Waals surface area contributed by atoms with E-state index in [1.54, 1.807) is 60.7 Å². The highest BCUT2D eigenvalue weighted by molar-refractivity contribution is 7.92. The van der Waals surface area contributed by atoms with Crippen LogP contribution in [0.15, 0.2) is 82.8 Å². The van der Waals surface area contributed by atoms with Gasteiger partial charge in [-0.1, -0.05) is 35.9 Å². The highest BCUT2D eigenvalue weighted by Gasteiger charge is 2.27. The fraction of sp³-hybridized carbons (Fsp3) is 0.130. The number of benzene rings is 3. The molecule has 1 N–H and O–H groups in total. The highest BCUT2D eigenvalue weighted by Crippen LogP contribution is 2.32. The van der Waals surface area contributed by atoms with Gasteiger partial charge in [-0.25, -0.2) is 13.8 Å². The molecule has 1 aliphatic heterocycles. The van der Waals surface area contributed by atoms with E-state index in [1.165, 1.54) is 18.3 Å². The van der Waals surface area contributed by atoms with Gasteiger partial charge >= 0.3 is 0 Å². The van der Waals surface area contributed by atoms with Gasteiger partial charge in [0.1, 0.15) is 6.54 Å². The Labute approximate surface area is 186 Å². The molecule has 1 heterocycles. The van der Waals surface area contributed by atoms with Crippen molar-refractivity contribution in [2.75, 3.05) is 17.6 Å². The number of fused-ring (bicyclic) bond motifs is 1. The van der Waals surface area contributed by atoms with Crippen LogP contribution in [0.4, 0.5) is 5.69 Å². The molecule has 0 unspecified atom stereocenters. The Morgan fingerprint density at radius 1 is 1.03 bits per heavy atom. The fourth-order valence-corrected chi connectivity index (χ4v) is 4.51. The zero-order valence-electron chi connectivity index (χ0n) is 17.3. The molecule has 1 amide bonds. The van der Waals surface area contributed by atoms with Crippen molar-refractivity contribution >= 4 is 27.8 Å². The summed E-state index contributed by atoms with van der Waals surface area (Å²) in [6.07, 6.45) is 1.45. The lowest BCUT2D eigenvalue weighted by Crippen LogP contribution is -2.39. The maximum Gasteiger partial charge on any atom is 0.264 e. The van der Waals surface area contributed by atoms with Crippen molar-refractivity contribution in [1.29, 1.82) is 0 Å². The van der Waals surface area contributed by atoms with Gasteiger partial charge in [0.15, 0.2) is 11.5 Å². The van der Waals surface area contributed by atoms with Gasteiger partial charge in [0.25, 0.3) is 15.9 Å². The molecule has 164 valence electrons. The Morgan fingerprint density at radius 3 is 2.50 bits per heavy atom. The SMILES string of the molecule is Cc1ccc(S(=O)(=O)N(CC(=O)N/N=C\c2ccc3c(c2)OCO3)c2ccccc2)cc1. The van der Waals surface area contributed by atoms with Crippen LogP contribution in [-0.4, -0.2) is 33.9 Å². The van der Waals surface area contributed by atoms with Gasteiger partial charge in [-0.05, 0) is 55.0 Å². The number of carbonyl (C=O) groups is 1. The molecule has 0 saturated heterocycles. The Bertz CT molecular complexity index is 1240. The Kier molecular flexibility index (Phi) is 6.09. The molecule has 32 heavy (non-hydrogen) atoms. The molecular formula is C23H21N3O5S. The van der Waals surface area contributed by atoms with Crippen LogP contribution in [0.25, 0.3) is 0 Å². The molecule has 9 heteroatoms. The number of nitrogens with zero attached hydrogens (tertiary/aromatic N) is 2. The average molecular weight is 452 g/mol. The molecule has 0 radical (unpaired) electrons. The number of amides is 1. The quantitative estimate of drug-likeness (QED) is 0.440. The van der Waals surface area contributed by atoms with Crippen LogP contribution in [0.1, 0.15) is 11.1 Å². The number of hydrazone groups is 1. The van der Waals surface area contributed by atoms with Crippen molar-refractivity contribution in [1.82, 2.24) is 5.43 Å². The van der Waals surface area contributed by atoms with Gasteiger partial charge < -0.3 is 9.47 Å². The molecule has 0 aliphatic carbocycles. The number of ether oxygens (including phenoxy) is 2. The van der Waals surface area contributed by atoms with E-state index in [9.17, 15) is 13.2 Å². The number of anilines is 1. The lowest BCUT2D eigenvalue weighted by atomic mass is 10.2. The van der Waals surface area contributed by atoms with Crippen LogP contribution < -0.4 is 19.2 Å². The van der Waals surface area contributed by atoms with Gasteiger partial charge in [-0.15, -0.1) is 0 Å². The van der Waals surface area contributed by atoms with Crippen molar-refractivity contribution in [2.45, 2.75) is 11.8 Å². The first-order valence-electron chi connectivity index (χ1n) is 9.79. The van der Waals surface area contributed by atoms with Crippen molar-refractivity contribution < 1.29 is 22.7 Å². The number of rotatable bonds is 7. The van der Waals surface area contributed by atoms with Crippen LogP contribution >= 0.6 is 0 Å². The minimum atomic E-state index is -3.96. The molecule has 4 rings (SSSR count). The minimum absolute atomic E-state index is 0.101. The first-order valence-corrected chi connectivity index (χ1v) is 11.2. The molecule has 3 aromatic rings. The van der Waals surface area contributed by atoms with Gasteiger partial charge in [0.2, 0.25) is 6.79 Å². The Morgan fingerprint density at radius 2 is 1.75 bits per heavy atom. The third-order valence-corrected chi connectivity index (χ3v) is 6.53. The van der Waals surface area contributed by atoms with Crippen molar-refractivity contribution in [3.8, 4) is 11.5 Å². The number of hydrogen-bond donors (Lipinski definition) is 1. The van der Waals surface area contributed by atoms with Crippen LogP contribution in [0.3, 0.4) is 0 Å². The standard InChI is InChI=1S/C23H21N3O5S/c1-17-7-10-20(11-8-17)32(28,29)26(19-5-3-2-4-6-19)15-23(27)25-24-14-18-9-12-21-22(13-18)31-16-30-21/h2-14H,15-16H2,1H3,(H,25,27)/b24-14-. The van der Waals surface area contributed by atoms with E-state index >= 15 is 0 Å². The normalized spacial score (nSPS) is 12.7. The molecule has 0 spiro atoms. The molecule has 0 aromatic heterocycles. The van der Waals surface area contributed by atoms with E-state index in [4.69, 9.17) is 9.47 Å². The largest absolute Gasteiger partial charge is 0.454 e. The smallest absolute Gasteiger partial charge is 0.264 e. The predicted octanol–water partition coefficient (Wildman–Crippen LogP) is 3.07. The summed E-state index contributed by atoms with van der Waals surface area (Å²) >= 11 is 0. The summed E-state index contributed by atoms with van der Waals surface area (Å²) in [6.45, 7) is 1.60. The maximum atomic E-state index is 13.3. The predicted molar refractivity (Wildman–Crippen MR) is 120 cm³/mol. The van der Waals surface area contributed by atoms with E-state index in [2.05, 4.69) is 10.5 Å². The summed E-state index contributed by atoms with van der Waals surface area (Å²) in [5, 5.41) is 3.94. The number of para-hydroxylation sites is 1. The van der Waals surface area contributed by atoms with Crippen molar-refractivity contribution in [3.05, 3.63) is 83.9 Å². The fourth-order valence-electron chi connectivity index (χ4n) is 3.08. The van der Waals surface area contributed by atoms with Crippen molar-refractivity contribution in [2.24, 2.45) is 5.10 Å². The Hall–Kier alpha value is -3.85. The molecular weight excluding hydrogens is 430 g/mol. The summed E-state index contributed by atoms with van der Waals surface area (Å²) in [5.41, 5.74) is 4.39. The second kappa shape index (κ2) is 9.11. The topological polar surface area (TPSA) is 97.3 Å². The number of carbonyl (C=O) groups excluding carboxylic acids is 1. The summed E-state index contributed by atoms with van der Waals surface area (Å²) in [7, 11) is -3.96. The minimum Gasteiger partial charge on any atom is -0.454 e. The summed E-state index contributed by atoms with van der Waals surface area (Å²) < 4.78 is 38.2. The molecule has 1 aliphatic rings. The molecule has 8 nitrogen and oxygen atoms in total. The molecule has 0 saturated carbocycles. The summed E-state index contributed by atoms with van der Waals surface area (Å²) in [4.78, 5) is 12.7. The number of nitrogens with one attached hydrogen (secondary N) is 1. The van der Waals surface area contributed by atoms with E-state index in [-0.39, 0.29) is 11.7 Å². The van der Waals surface area contributed by atoms with Gasteiger partial charge in [0, 0.05) is 0 Å². The second-order valence-electron chi connectivity index (χ2n) is 7.07. The van der Waals surface area contributed by atoms with E-state index in [0.717, 1.165) is 9.87 Å². The van der Waals surface area contributed by atoms with Crippen molar-refractivity contribution in [3.63, 3.8) is 0 Å². The lowest BCUT2D eigenvalue weighted by molar-refractivity contribution is -0.119. The maximum absolute atomic E-state index is 13.3. The van der Waals surface area contributed by atoms with Gasteiger partial charge in [0.05, 0.1) is 16.8 Å². The zero-order chi connectivity index (χ0) is 22.6. The molecule has 0 bridgehead atoms. The van der Waals surface area contributed by atoms with E-state index in [0.29, 0.717) is 22.7 Å². The summed E-state index contributed by atoms with van der Waals surface area (Å²) in [6, 6.07) is 20.2. The average Bonchev–Trinajstić information content (AvgIpc) is 3.26. The molecule has 3 aromatic carbocycles. The lowest BCUT2D eigenvalue weighted by Gasteiger charge is -2.23. The first kappa shape index (κ1) is 21.4. The van der Waals surface area contributed by atoms with Crippen LogP contribution in [-0.2, 0) is 14.8 Å². The zero-order valence-corrected chi connectivity index (χ0v) is 18.1. The van der Waals surface area contributed by atoms with E-state index in [1.807, 2.05) is 6.92 Å². The van der Waals surface area contributed by atoms with Crippen LogP contribution in [0, 0.1) is 6.92 Å². The molecule has 0 fully saturated rings.